The third kappa shape index (κ3) is 2.65. The van der Waals surface area contributed by atoms with Crippen LogP contribution in [0.5, 0.6) is 5.75 Å². The first-order valence-electron chi connectivity index (χ1n) is 4.30. The highest BCUT2D eigenvalue weighted by atomic mass is 16.5. The maximum Gasteiger partial charge on any atom is 0.177 e. The van der Waals surface area contributed by atoms with Gasteiger partial charge in [-0.1, -0.05) is 22.9 Å². The Kier molecular flexibility index (Phi) is 3.34. The molecule has 1 aromatic carbocycles. The van der Waals surface area contributed by atoms with Gasteiger partial charge in [-0.15, -0.1) is 0 Å². The molecule has 3 N–H and O–H groups in total. The Labute approximate surface area is 83.0 Å². The highest BCUT2D eigenvalue weighted by Crippen LogP contribution is 2.18. The first kappa shape index (κ1) is 10.4. The monoisotopic (exact) mass is 194 g/mol. The summed E-state index contributed by atoms with van der Waals surface area (Å²) in [6.45, 7) is 4.06. The van der Waals surface area contributed by atoms with Crippen LogP contribution in [0.3, 0.4) is 0 Å². The summed E-state index contributed by atoms with van der Waals surface area (Å²) in [5.74, 6) is 0.812. The van der Waals surface area contributed by atoms with E-state index >= 15 is 0 Å². The molecule has 0 unspecified atom stereocenters. The first-order chi connectivity index (χ1) is 6.63. The van der Waals surface area contributed by atoms with Crippen LogP contribution in [-0.2, 0) is 0 Å². The van der Waals surface area contributed by atoms with E-state index in [1.54, 1.807) is 0 Å². The molecule has 0 amide bonds. The quantitative estimate of drug-likeness (QED) is 0.331. The van der Waals surface area contributed by atoms with Crippen LogP contribution < -0.4 is 10.5 Å². The molecule has 0 radical (unpaired) electrons. The Hall–Kier alpha value is -1.71. The Morgan fingerprint density at radius 3 is 2.79 bits per heavy atom. The van der Waals surface area contributed by atoms with Gasteiger partial charge < -0.3 is 15.7 Å². The van der Waals surface area contributed by atoms with E-state index in [4.69, 9.17) is 15.7 Å². The van der Waals surface area contributed by atoms with Crippen LogP contribution in [0.2, 0.25) is 0 Å². The third-order valence-electron chi connectivity index (χ3n) is 1.83. The van der Waals surface area contributed by atoms with Gasteiger partial charge in [0.15, 0.2) is 5.84 Å². The number of hydrogen-bond donors (Lipinski definition) is 2. The van der Waals surface area contributed by atoms with E-state index in [1.165, 1.54) is 5.56 Å². The number of ether oxygens (including phenoxy) is 1. The molecule has 0 bridgehead atoms. The van der Waals surface area contributed by atoms with Crippen LogP contribution in [0.15, 0.2) is 23.4 Å². The van der Waals surface area contributed by atoms with Gasteiger partial charge in [-0.05, 0) is 25.5 Å². The number of hydrogen-bond acceptors (Lipinski definition) is 3. The first-order valence-corrected chi connectivity index (χ1v) is 4.30. The summed E-state index contributed by atoms with van der Waals surface area (Å²) < 4.78 is 5.33. The van der Waals surface area contributed by atoms with Gasteiger partial charge in [0.05, 0.1) is 0 Å². The molecule has 1 aromatic rings. The topological polar surface area (TPSA) is 67.8 Å². The number of rotatable bonds is 3. The van der Waals surface area contributed by atoms with Crippen LogP contribution in [0.1, 0.15) is 11.1 Å². The van der Waals surface area contributed by atoms with E-state index in [9.17, 15) is 0 Å². The van der Waals surface area contributed by atoms with Crippen molar-refractivity contribution in [3.63, 3.8) is 0 Å². The zero-order valence-corrected chi connectivity index (χ0v) is 8.32. The molecule has 0 aromatic heterocycles. The summed E-state index contributed by atoms with van der Waals surface area (Å²) in [7, 11) is 0. The van der Waals surface area contributed by atoms with Crippen LogP contribution in [0.25, 0.3) is 0 Å². The number of nitrogens with two attached hydrogens (primary N) is 1. The highest BCUT2D eigenvalue weighted by Gasteiger charge is 2.00. The van der Waals surface area contributed by atoms with E-state index < -0.39 is 0 Å². The Balaban J connectivity index is 2.68. The Bertz CT molecular complexity index is 348. The summed E-state index contributed by atoms with van der Waals surface area (Å²) >= 11 is 0. The van der Waals surface area contributed by atoms with Crippen molar-refractivity contribution in [2.24, 2.45) is 10.9 Å². The molecule has 0 fully saturated rings. The lowest BCUT2D eigenvalue weighted by atomic mass is 10.1. The molecule has 0 aliphatic heterocycles. The number of nitrogens with zero attached hydrogens (tertiary/aromatic N) is 1. The van der Waals surface area contributed by atoms with Gasteiger partial charge in [-0.3, -0.25) is 0 Å². The molecule has 76 valence electrons. The lowest BCUT2D eigenvalue weighted by Gasteiger charge is -2.08. The van der Waals surface area contributed by atoms with Gasteiger partial charge in [0.2, 0.25) is 0 Å². The molecule has 14 heavy (non-hydrogen) atoms. The molecule has 0 aliphatic carbocycles. The van der Waals surface area contributed by atoms with Crippen molar-refractivity contribution in [3.8, 4) is 5.75 Å². The minimum absolute atomic E-state index is 0.0602. The normalized spacial score (nSPS) is 11.4. The maximum atomic E-state index is 8.31. The van der Waals surface area contributed by atoms with Crippen molar-refractivity contribution in [3.05, 3.63) is 29.3 Å². The van der Waals surface area contributed by atoms with Gasteiger partial charge in [0, 0.05) is 0 Å². The second kappa shape index (κ2) is 4.50. The van der Waals surface area contributed by atoms with Gasteiger partial charge in [-0.2, -0.15) is 0 Å². The fraction of sp³-hybridized carbons (Fsp3) is 0.300. The van der Waals surface area contributed by atoms with Gasteiger partial charge in [0.25, 0.3) is 0 Å². The van der Waals surface area contributed by atoms with Crippen molar-refractivity contribution in [2.45, 2.75) is 13.8 Å². The van der Waals surface area contributed by atoms with E-state index in [2.05, 4.69) is 5.16 Å². The standard InChI is InChI=1S/C10H14N2O2/c1-7-3-4-9(8(2)5-7)14-6-10(11)12-13/h3-5,13H,6H2,1-2H3,(H2,11,12). The molecule has 0 atom stereocenters. The molecule has 4 heteroatoms. The third-order valence-corrected chi connectivity index (χ3v) is 1.83. The van der Waals surface area contributed by atoms with Crippen LogP contribution in [0.4, 0.5) is 0 Å². The molecule has 0 saturated carbocycles. The van der Waals surface area contributed by atoms with Crippen LogP contribution >= 0.6 is 0 Å². The highest BCUT2D eigenvalue weighted by molar-refractivity contribution is 5.81. The largest absolute Gasteiger partial charge is 0.485 e. The molecular formula is C10H14N2O2. The summed E-state index contributed by atoms with van der Waals surface area (Å²) in [6, 6.07) is 5.84. The van der Waals surface area contributed by atoms with Crippen molar-refractivity contribution >= 4 is 5.84 Å². The fourth-order valence-electron chi connectivity index (χ4n) is 1.14. The average Bonchev–Trinajstić information content (AvgIpc) is 2.16. The van der Waals surface area contributed by atoms with E-state index in [0.717, 1.165) is 11.3 Å². The second-order valence-electron chi connectivity index (χ2n) is 3.15. The van der Waals surface area contributed by atoms with Crippen molar-refractivity contribution < 1.29 is 9.94 Å². The summed E-state index contributed by atoms with van der Waals surface area (Å²) in [6.07, 6.45) is 0. The molecule has 0 spiro atoms. The summed E-state index contributed by atoms with van der Waals surface area (Å²) in [5.41, 5.74) is 7.49. The Morgan fingerprint density at radius 2 is 2.21 bits per heavy atom. The van der Waals surface area contributed by atoms with E-state index in [1.807, 2.05) is 32.0 Å². The number of benzene rings is 1. The van der Waals surface area contributed by atoms with Crippen LogP contribution in [-0.4, -0.2) is 17.6 Å². The predicted molar refractivity (Wildman–Crippen MR) is 54.8 cm³/mol. The average molecular weight is 194 g/mol. The summed E-state index contributed by atoms with van der Waals surface area (Å²) in [5, 5.41) is 11.1. The van der Waals surface area contributed by atoms with Crippen molar-refractivity contribution in [1.29, 1.82) is 0 Å². The van der Waals surface area contributed by atoms with Gasteiger partial charge >= 0.3 is 0 Å². The predicted octanol–water partition coefficient (Wildman–Crippen LogP) is 1.43. The number of amidine groups is 1. The minimum atomic E-state index is 0.0602. The molecule has 1 rings (SSSR count). The lowest BCUT2D eigenvalue weighted by molar-refractivity contribution is 0.306. The van der Waals surface area contributed by atoms with Gasteiger partial charge in [0.1, 0.15) is 12.4 Å². The molecular weight excluding hydrogens is 180 g/mol. The van der Waals surface area contributed by atoms with E-state index in [-0.39, 0.29) is 12.4 Å². The fourth-order valence-corrected chi connectivity index (χ4v) is 1.14. The van der Waals surface area contributed by atoms with Crippen LogP contribution in [0, 0.1) is 13.8 Å². The molecule has 0 saturated heterocycles. The second-order valence-corrected chi connectivity index (χ2v) is 3.15. The number of oxime groups is 1. The number of aryl methyl sites for hydroxylation is 2. The minimum Gasteiger partial charge on any atom is -0.485 e. The Morgan fingerprint density at radius 1 is 1.50 bits per heavy atom. The zero-order chi connectivity index (χ0) is 10.6. The lowest BCUT2D eigenvalue weighted by Crippen LogP contribution is -2.21. The summed E-state index contributed by atoms with van der Waals surface area (Å²) in [4.78, 5) is 0. The van der Waals surface area contributed by atoms with Crippen molar-refractivity contribution in [2.75, 3.05) is 6.61 Å². The van der Waals surface area contributed by atoms with Gasteiger partial charge in [-0.25, -0.2) is 0 Å². The molecule has 4 nitrogen and oxygen atoms in total. The smallest absolute Gasteiger partial charge is 0.177 e. The van der Waals surface area contributed by atoms with E-state index in [0.29, 0.717) is 0 Å². The zero-order valence-electron chi connectivity index (χ0n) is 8.32. The SMILES string of the molecule is Cc1ccc(OC/C(N)=N/O)c(C)c1. The molecule has 0 aliphatic rings. The maximum absolute atomic E-state index is 8.31. The van der Waals surface area contributed by atoms with Crippen molar-refractivity contribution in [1.82, 2.24) is 0 Å². The molecule has 0 heterocycles.